The van der Waals surface area contributed by atoms with Gasteiger partial charge in [0.05, 0.1) is 5.92 Å². The van der Waals surface area contributed by atoms with E-state index in [1.54, 1.807) is 19.9 Å². The fourth-order valence-electron chi connectivity index (χ4n) is 1.54. The maximum absolute atomic E-state index is 13.2. The molecule has 2 nitrogen and oxygen atoms in total. The number of halogens is 1. The van der Waals surface area contributed by atoms with E-state index in [4.69, 9.17) is 4.74 Å². The van der Waals surface area contributed by atoms with Gasteiger partial charge in [0.1, 0.15) is 11.4 Å². The zero-order chi connectivity index (χ0) is 13.2. The van der Waals surface area contributed by atoms with E-state index in [1.165, 1.54) is 12.1 Å². The summed E-state index contributed by atoms with van der Waals surface area (Å²) in [5.74, 6) is -1.11. The van der Waals surface area contributed by atoms with Crippen molar-refractivity contribution in [1.82, 2.24) is 0 Å². The van der Waals surface area contributed by atoms with Crippen LogP contribution in [-0.4, -0.2) is 11.6 Å². The molecule has 0 N–H and O–H groups in total. The number of ether oxygens (including phenoxy) is 1. The second-order valence-electron chi connectivity index (χ2n) is 5.32. The molecule has 0 aliphatic rings. The average molecular weight is 238 g/mol. The van der Waals surface area contributed by atoms with E-state index < -0.39 is 11.5 Å². The van der Waals surface area contributed by atoms with Crippen molar-refractivity contribution in [3.63, 3.8) is 0 Å². The van der Waals surface area contributed by atoms with E-state index in [1.807, 2.05) is 20.8 Å². The molecule has 0 heterocycles. The Hall–Kier alpha value is -1.38. The summed E-state index contributed by atoms with van der Waals surface area (Å²) < 4.78 is 18.5. The largest absolute Gasteiger partial charge is 0.460 e. The quantitative estimate of drug-likeness (QED) is 0.736. The molecule has 1 rings (SSSR count). The third-order valence-corrected chi connectivity index (χ3v) is 2.32. The van der Waals surface area contributed by atoms with Crippen LogP contribution in [-0.2, 0) is 9.53 Å². The molecule has 0 radical (unpaired) electrons. The van der Waals surface area contributed by atoms with Crippen LogP contribution in [0.4, 0.5) is 4.39 Å². The third kappa shape index (κ3) is 4.17. The topological polar surface area (TPSA) is 26.3 Å². The predicted octanol–water partition coefficient (Wildman–Crippen LogP) is 3.58. The molecule has 0 fully saturated rings. The predicted molar refractivity (Wildman–Crippen MR) is 65.4 cm³/mol. The average Bonchev–Trinajstić information content (AvgIpc) is 2.12. The van der Waals surface area contributed by atoms with E-state index in [0.717, 1.165) is 5.56 Å². The maximum atomic E-state index is 13.2. The molecule has 3 heteroatoms. The first-order chi connectivity index (χ1) is 7.69. The van der Waals surface area contributed by atoms with Crippen molar-refractivity contribution < 1.29 is 13.9 Å². The summed E-state index contributed by atoms with van der Waals surface area (Å²) in [6, 6.07) is 4.62. The molecule has 0 spiro atoms. The first-order valence-electron chi connectivity index (χ1n) is 5.69. The lowest BCUT2D eigenvalue weighted by Crippen LogP contribution is -2.26. The highest BCUT2D eigenvalue weighted by atomic mass is 19.1. The van der Waals surface area contributed by atoms with E-state index in [-0.39, 0.29) is 11.8 Å². The number of esters is 1. The van der Waals surface area contributed by atoms with Crippen molar-refractivity contribution >= 4 is 5.97 Å². The van der Waals surface area contributed by atoms with Crippen LogP contribution in [0, 0.1) is 12.7 Å². The van der Waals surface area contributed by atoms with E-state index in [9.17, 15) is 9.18 Å². The van der Waals surface area contributed by atoms with Crippen molar-refractivity contribution in [3.8, 4) is 0 Å². The monoisotopic (exact) mass is 238 g/mol. The number of rotatable bonds is 2. The molecule has 1 aromatic rings. The maximum Gasteiger partial charge on any atom is 0.313 e. The summed E-state index contributed by atoms with van der Waals surface area (Å²) in [7, 11) is 0. The van der Waals surface area contributed by atoms with Crippen molar-refractivity contribution in [2.75, 3.05) is 0 Å². The summed E-state index contributed by atoms with van der Waals surface area (Å²) in [5, 5.41) is 0. The SMILES string of the molecule is Cc1cc(F)cc(C(C)C(=O)OC(C)(C)C)c1. The minimum absolute atomic E-state index is 0.324. The number of carbonyl (C=O) groups is 1. The number of benzene rings is 1. The lowest BCUT2D eigenvalue weighted by Gasteiger charge is -2.22. The minimum atomic E-state index is -0.520. The summed E-state index contributed by atoms with van der Waals surface area (Å²) >= 11 is 0. The Kier molecular flexibility index (Phi) is 3.91. The summed E-state index contributed by atoms with van der Waals surface area (Å²) in [4.78, 5) is 11.8. The Morgan fingerprint density at radius 1 is 1.29 bits per heavy atom. The van der Waals surface area contributed by atoms with Gasteiger partial charge in [-0.05, 0) is 57.9 Å². The number of aryl methyl sites for hydroxylation is 1. The Morgan fingerprint density at radius 2 is 1.88 bits per heavy atom. The van der Waals surface area contributed by atoms with Crippen LogP contribution >= 0.6 is 0 Å². The van der Waals surface area contributed by atoms with E-state index >= 15 is 0 Å². The van der Waals surface area contributed by atoms with E-state index in [0.29, 0.717) is 5.56 Å². The highest BCUT2D eigenvalue weighted by molar-refractivity contribution is 5.78. The van der Waals surface area contributed by atoms with Gasteiger partial charge < -0.3 is 4.74 Å². The lowest BCUT2D eigenvalue weighted by molar-refractivity contribution is -0.156. The summed E-state index contributed by atoms with van der Waals surface area (Å²) in [6.45, 7) is 8.97. The Morgan fingerprint density at radius 3 is 2.35 bits per heavy atom. The highest BCUT2D eigenvalue weighted by Crippen LogP contribution is 2.22. The van der Waals surface area contributed by atoms with Gasteiger partial charge in [-0.1, -0.05) is 6.07 Å². The van der Waals surface area contributed by atoms with Crippen LogP contribution in [0.1, 0.15) is 44.7 Å². The molecule has 1 atom stereocenters. The molecule has 1 aromatic carbocycles. The van der Waals surface area contributed by atoms with Crippen LogP contribution < -0.4 is 0 Å². The minimum Gasteiger partial charge on any atom is -0.460 e. The molecule has 0 saturated carbocycles. The molecular formula is C14H19FO2. The van der Waals surface area contributed by atoms with Gasteiger partial charge >= 0.3 is 5.97 Å². The Bertz CT molecular complexity index is 398. The number of carbonyl (C=O) groups excluding carboxylic acids is 1. The molecule has 94 valence electrons. The van der Waals surface area contributed by atoms with Crippen LogP contribution in [0.15, 0.2) is 18.2 Å². The molecule has 17 heavy (non-hydrogen) atoms. The van der Waals surface area contributed by atoms with Gasteiger partial charge in [0, 0.05) is 0 Å². The van der Waals surface area contributed by atoms with Gasteiger partial charge in [-0.15, -0.1) is 0 Å². The second kappa shape index (κ2) is 4.86. The van der Waals surface area contributed by atoms with Crippen molar-refractivity contribution in [2.24, 2.45) is 0 Å². The van der Waals surface area contributed by atoms with Gasteiger partial charge in [0.25, 0.3) is 0 Å². The smallest absolute Gasteiger partial charge is 0.313 e. The Labute approximate surface area is 102 Å². The Balaban J connectivity index is 2.89. The molecule has 0 amide bonds. The first-order valence-corrected chi connectivity index (χ1v) is 5.69. The fourth-order valence-corrected chi connectivity index (χ4v) is 1.54. The van der Waals surface area contributed by atoms with Crippen molar-refractivity contribution in [1.29, 1.82) is 0 Å². The van der Waals surface area contributed by atoms with Crippen LogP contribution in [0.2, 0.25) is 0 Å². The van der Waals surface area contributed by atoms with Crippen molar-refractivity contribution in [3.05, 3.63) is 35.1 Å². The molecule has 0 bridgehead atoms. The highest BCUT2D eigenvalue weighted by Gasteiger charge is 2.23. The zero-order valence-corrected chi connectivity index (χ0v) is 11.0. The summed E-state index contributed by atoms with van der Waals surface area (Å²) in [5.41, 5.74) is 0.931. The van der Waals surface area contributed by atoms with Gasteiger partial charge in [0.15, 0.2) is 0 Å². The fraction of sp³-hybridized carbons (Fsp3) is 0.500. The number of hydrogen-bond acceptors (Lipinski definition) is 2. The molecule has 1 unspecified atom stereocenters. The van der Waals surface area contributed by atoms with Crippen LogP contribution in [0.5, 0.6) is 0 Å². The molecule has 0 aliphatic carbocycles. The molecule has 0 aliphatic heterocycles. The third-order valence-electron chi connectivity index (χ3n) is 2.32. The number of hydrogen-bond donors (Lipinski definition) is 0. The van der Waals surface area contributed by atoms with Gasteiger partial charge in [-0.2, -0.15) is 0 Å². The van der Waals surface area contributed by atoms with Crippen molar-refractivity contribution in [2.45, 2.75) is 46.1 Å². The lowest BCUT2D eigenvalue weighted by atomic mass is 9.99. The van der Waals surface area contributed by atoms with Crippen LogP contribution in [0.25, 0.3) is 0 Å². The first kappa shape index (κ1) is 13.7. The molecule has 0 saturated heterocycles. The molecular weight excluding hydrogens is 219 g/mol. The summed E-state index contributed by atoms with van der Waals surface area (Å²) in [6.07, 6.45) is 0. The zero-order valence-electron chi connectivity index (χ0n) is 11.0. The molecule has 0 aromatic heterocycles. The van der Waals surface area contributed by atoms with E-state index in [2.05, 4.69) is 0 Å². The van der Waals surface area contributed by atoms with Gasteiger partial charge in [-0.3, -0.25) is 4.79 Å². The van der Waals surface area contributed by atoms with Gasteiger partial charge in [0.2, 0.25) is 0 Å². The standard InChI is InChI=1S/C14H19FO2/c1-9-6-11(8-12(15)7-9)10(2)13(16)17-14(3,4)5/h6-8,10H,1-5H3. The van der Waals surface area contributed by atoms with Gasteiger partial charge in [-0.25, -0.2) is 4.39 Å². The second-order valence-corrected chi connectivity index (χ2v) is 5.32. The normalized spacial score (nSPS) is 13.3. The van der Waals surface area contributed by atoms with Crippen LogP contribution in [0.3, 0.4) is 0 Å².